The van der Waals surface area contributed by atoms with Crippen molar-refractivity contribution in [1.82, 2.24) is 19.8 Å². The van der Waals surface area contributed by atoms with Gasteiger partial charge in [0.25, 0.3) is 5.56 Å². The number of thiophene rings is 1. The zero-order valence-corrected chi connectivity index (χ0v) is 16.8. The van der Waals surface area contributed by atoms with E-state index in [9.17, 15) is 4.79 Å². The molecule has 2 aromatic heterocycles. The molecule has 140 valence electrons. The quantitative estimate of drug-likeness (QED) is 0.869. The monoisotopic (exact) mass is 373 g/mol. The van der Waals surface area contributed by atoms with Crippen molar-refractivity contribution in [1.29, 1.82) is 0 Å². The molecule has 0 aliphatic carbocycles. The Hall–Kier alpha value is -1.99. The van der Waals surface area contributed by atoms with Crippen LogP contribution in [0.25, 0.3) is 15.9 Å². The topological polar surface area (TPSA) is 62.5 Å². The van der Waals surface area contributed by atoms with Gasteiger partial charge in [-0.05, 0) is 25.9 Å². The van der Waals surface area contributed by atoms with E-state index in [1.165, 1.54) is 11.3 Å². The van der Waals surface area contributed by atoms with Crippen LogP contribution in [0.1, 0.15) is 39.2 Å². The summed E-state index contributed by atoms with van der Waals surface area (Å²) in [5.74, 6) is 0. The Balaban J connectivity index is 0.000000948. The van der Waals surface area contributed by atoms with E-state index in [0.717, 1.165) is 58.2 Å². The summed E-state index contributed by atoms with van der Waals surface area (Å²) in [7, 11) is 4.05. The van der Waals surface area contributed by atoms with Gasteiger partial charge in [-0.3, -0.25) is 9.36 Å². The standard InChI is InChI=1S/C17H21N5OS.C2H6/c1-21(2)12-4-3-7-19-16-13(12)14-15(24-16)17(23)22(10-20-14)11-5-8-18-9-6-11;1-2/h3,7,10-11,18H,4-6,8-9H2,1-2H3;1-2H3. The Morgan fingerprint density at radius 3 is 2.69 bits per heavy atom. The van der Waals surface area contributed by atoms with Crippen LogP contribution in [0.3, 0.4) is 0 Å². The van der Waals surface area contributed by atoms with E-state index in [-0.39, 0.29) is 11.6 Å². The van der Waals surface area contributed by atoms with Gasteiger partial charge >= 0.3 is 0 Å². The van der Waals surface area contributed by atoms with Gasteiger partial charge in [0.1, 0.15) is 9.37 Å². The number of fused-ring (bicyclic) bond motifs is 3. The van der Waals surface area contributed by atoms with E-state index in [1.807, 2.05) is 44.8 Å². The Bertz CT molecular complexity index is 980. The van der Waals surface area contributed by atoms with E-state index < -0.39 is 0 Å². The molecule has 0 aromatic carbocycles. The molecular formula is C19H27N5OS. The first-order valence-electron chi connectivity index (χ1n) is 9.30. The van der Waals surface area contributed by atoms with Crippen LogP contribution in [0.15, 0.2) is 28.4 Å². The third-order valence-corrected chi connectivity index (χ3v) is 5.82. The first-order valence-corrected chi connectivity index (χ1v) is 10.1. The molecule has 1 saturated heterocycles. The maximum absolute atomic E-state index is 13.0. The van der Waals surface area contributed by atoms with Crippen LogP contribution >= 0.6 is 11.3 Å². The van der Waals surface area contributed by atoms with Crippen molar-refractivity contribution >= 4 is 27.3 Å². The SMILES string of the molecule is CC.CN(C)C1=c2c(sc3c(=O)n(C4CCNCC4)cnc23)=NC=CC1. The van der Waals surface area contributed by atoms with Crippen molar-refractivity contribution in [2.24, 2.45) is 4.99 Å². The molecule has 2 aliphatic rings. The zero-order chi connectivity index (χ0) is 18.7. The normalized spacial score (nSPS) is 17.2. The maximum Gasteiger partial charge on any atom is 0.271 e. The molecule has 6 nitrogen and oxygen atoms in total. The average molecular weight is 374 g/mol. The van der Waals surface area contributed by atoms with Crippen LogP contribution in [-0.2, 0) is 0 Å². The fraction of sp³-hybridized carbons (Fsp3) is 0.526. The minimum atomic E-state index is 0.0715. The van der Waals surface area contributed by atoms with E-state index in [4.69, 9.17) is 0 Å². The van der Waals surface area contributed by atoms with Crippen LogP contribution in [-0.4, -0.2) is 41.6 Å². The van der Waals surface area contributed by atoms with Crippen LogP contribution < -0.4 is 20.8 Å². The summed E-state index contributed by atoms with van der Waals surface area (Å²) >= 11 is 1.46. The molecule has 0 bridgehead atoms. The van der Waals surface area contributed by atoms with E-state index >= 15 is 0 Å². The number of aromatic nitrogens is 2. The van der Waals surface area contributed by atoms with E-state index in [2.05, 4.69) is 20.2 Å². The van der Waals surface area contributed by atoms with Gasteiger partial charge in [-0.15, -0.1) is 11.3 Å². The molecule has 2 aromatic rings. The Labute approximate surface area is 157 Å². The fourth-order valence-corrected chi connectivity index (χ4v) is 4.53. The van der Waals surface area contributed by atoms with Crippen LogP contribution in [0, 0.1) is 0 Å². The molecule has 0 spiro atoms. The summed E-state index contributed by atoms with van der Waals surface area (Å²) in [6.07, 6.45) is 8.36. The molecule has 26 heavy (non-hydrogen) atoms. The van der Waals surface area contributed by atoms with Crippen molar-refractivity contribution in [2.75, 3.05) is 27.2 Å². The van der Waals surface area contributed by atoms with Gasteiger partial charge in [-0.25, -0.2) is 9.98 Å². The molecule has 0 unspecified atom stereocenters. The van der Waals surface area contributed by atoms with Crippen molar-refractivity contribution in [3.8, 4) is 0 Å². The number of nitrogens with one attached hydrogen (secondary N) is 1. The highest BCUT2D eigenvalue weighted by Gasteiger charge is 2.20. The smallest absolute Gasteiger partial charge is 0.271 e. The van der Waals surface area contributed by atoms with Crippen LogP contribution in [0.5, 0.6) is 0 Å². The second kappa shape index (κ2) is 8.14. The van der Waals surface area contributed by atoms with Gasteiger partial charge in [0.15, 0.2) is 0 Å². The predicted octanol–water partition coefficient (Wildman–Crippen LogP) is 1.62. The summed E-state index contributed by atoms with van der Waals surface area (Å²) in [6.45, 7) is 5.91. The lowest BCUT2D eigenvalue weighted by Crippen LogP contribution is -2.34. The molecule has 0 radical (unpaired) electrons. The van der Waals surface area contributed by atoms with Crippen molar-refractivity contribution in [2.45, 2.75) is 39.2 Å². The first kappa shape index (κ1) is 18.8. The highest BCUT2D eigenvalue weighted by molar-refractivity contribution is 7.16. The molecule has 4 heterocycles. The van der Waals surface area contributed by atoms with E-state index in [0.29, 0.717) is 0 Å². The molecule has 7 heteroatoms. The molecule has 0 amide bonds. The van der Waals surface area contributed by atoms with Gasteiger partial charge < -0.3 is 10.2 Å². The zero-order valence-electron chi connectivity index (χ0n) is 16.0. The highest BCUT2D eigenvalue weighted by Crippen LogP contribution is 2.18. The third-order valence-electron chi connectivity index (χ3n) is 4.74. The Kier molecular flexibility index (Phi) is 5.88. The lowest BCUT2D eigenvalue weighted by molar-refractivity contribution is 0.359. The van der Waals surface area contributed by atoms with Crippen LogP contribution in [0.2, 0.25) is 0 Å². The average Bonchev–Trinajstić information content (AvgIpc) is 2.90. The second-order valence-corrected chi connectivity index (χ2v) is 7.46. The minimum Gasteiger partial charge on any atom is -0.380 e. The van der Waals surface area contributed by atoms with Crippen molar-refractivity contribution in [3.63, 3.8) is 0 Å². The molecule has 2 aliphatic heterocycles. The minimum absolute atomic E-state index is 0.0715. The van der Waals surface area contributed by atoms with Gasteiger partial charge in [-0.2, -0.15) is 0 Å². The van der Waals surface area contributed by atoms with Gasteiger partial charge in [0.2, 0.25) is 0 Å². The lowest BCUT2D eigenvalue weighted by atomic mass is 10.1. The number of rotatable bonds is 2. The number of hydrogen-bond donors (Lipinski definition) is 1. The number of nitrogens with zero attached hydrogens (tertiary/aromatic N) is 4. The van der Waals surface area contributed by atoms with E-state index in [1.54, 1.807) is 6.33 Å². The lowest BCUT2D eigenvalue weighted by Gasteiger charge is -2.24. The highest BCUT2D eigenvalue weighted by atomic mass is 32.1. The molecular weight excluding hydrogens is 346 g/mol. The molecule has 1 N–H and O–H groups in total. The second-order valence-electron chi connectivity index (χ2n) is 6.46. The van der Waals surface area contributed by atoms with Gasteiger partial charge in [0.05, 0.1) is 17.1 Å². The summed E-state index contributed by atoms with van der Waals surface area (Å²) in [5.41, 5.74) is 2.02. The molecule has 4 rings (SSSR count). The largest absolute Gasteiger partial charge is 0.380 e. The molecule has 0 atom stereocenters. The van der Waals surface area contributed by atoms with Crippen LogP contribution in [0.4, 0.5) is 0 Å². The maximum atomic E-state index is 13.0. The first-order chi connectivity index (χ1) is 12.7. The van der Waals surface area contributed by atoms with Crippen molar-refractivity contribution in [3.05, 3.63) is 38.8 Å². The number of hydrogen-bond acceptors (Lipinski definition) is 6. The summed E-state index contributed by atoms with van der Waals surface area (Å²) in [4.78, 5) is 24.3. The predicted molar refractivity (Wildman–Crippen MR) is 108 cm³/mol. The number of piperidine rings is 1. The summed E-state index contributed by atoms with van der Waals surface area (Å²) in [6, 6.07) is 0.242. The fourth-order valence-electron chi connectivity index (χ4n) is 3.46. The Morgan fingerprint density at radius 2 is 2.00 bits per heavy atom. The van der Waals surface area contributed by atoms with Crippen molar-refractivity contribution < 1.29 is 0 Å². The molecule has 0 saturated carbocycles. The van der Waals surface area contributed by atoms with Gasteiger partial charge in [0, 0.05) is 38.5 Å². The third kappa shape index (κ3) is 3.33. The summed E-state index contributed by atoms with van der Waals surface area (Å²) < 4.78 is 3.43. The van der Waals surface area contributed by atoms with Gasteiger partial charge in [-0.1, -0.05) is 19.9 Å². The summed E-state index contributed by atoms with van der Waals surface area (Å²) in [5, 5.41) is 4.35. The molecule has 1 fully saturated rings. The Morgan fingerprint density at radius 1 is 1.27 bits per heavy atom.